The number of thioether (sulfide) groups is 1. The van der Waals surface area contributed by atoms with E-state index in [4.69, 9.17) is 11.6 Å². The fourth-order valence-corrected chi connectivity index (χ4v) is 2.42. The van der Waals surface area contributed by atoms with E-state index in [0.717, 1.165) is 4.90 Å². The number of phenols is 1. The molecule has 1 amide bonds. The van der Waals surface area contributed by atoms with E-state index >= 15 is 0 Å². The van der Waals surface area contributed by atoms with E-state index in [0.29, 0.717) is 10.7 Å². The zero-order chi connectivity index (χ0) is 13.7. The predicted octanol–water partition coefficient (Wildman–Crippen LogP) is 3.78. The van der Waals surface area contributed by atoms with Crippen LogP contribution in [0.1, 0.15) is 0 Å². The Labute approximate surface area is 120 Å². The summed E-state index contributed by atoms with van der Waals surface area (Å²) < 4.78 is 0. The number of carbonyl (C=O) groups excluding carboxylic acids is 1. The van der Waals surface area contributed by atoms with Crippen molar-refractivity contribution >= 4 is 35.0 Å². The molecule has 2 aromatic carbocycles. The molecule has 0 aliphatic rings. The number of phenolic OH excluding ortho intramolecular Hbond substituents is 1. The molecule has 2 aromatic rings. The van der Waals surface area contributed by atoms with E-state index in [2.05, 4.69) is 5.32 Å². The van der Waals surface area contributed by atoms with Crippen LogP contribution >= 0.6 is 23.4 Å². The van der Waals surface area contributed by atoms with Gasteiger partial charge < -0.3 is 10.4 Å². The lowest BCUT2D eigenvalue weighted by Gasteiger charge is -2.05. The molecule has 0 aromatic heterocycles. The van der Waals surface area contributed by atoms with Crippen molar-refractivity contribution in [2.24, 2.45) is 0 Å². The summed E-state index contributed by atoms with van der Waals surface area (Å²) in [5, 5.41) is 12.7. The van der Waals surface area contributed by atoms with Gasteiger partial charge in [-0.1, -0.05) is 23.7 Å². The lowest BCUT2D eigenvalue weighted by molar-refractivity contribution is -0.113. The van der Waals surface area contributed by atoms with Crippen LogP contribution in [0.15, 0.2) is 53.4 Å². The Kier molecular flexibility index (Phi) is 4.71. The van der Waals surface area contributed by atoms with Gasteiger partial charge in [0, 0.05) is 15.6 Å². The first kappa shape index (κ1) is 13.8. The zero-order valence-corrected chi connectivity index (χ0v) is 11.5. The SMILES string of the molecule is O=C(CSc1cccc(O)c1)Nc1cccc(Cl)c1. The molecule has 2 rings (SSSR count). The Bertz CT molecular complexity index is 589. The van der Waals surface area contributed by atoms with Gasteiger partial charge in [0.1, 0.15) is 5.75 Å². The van der Waals surface area contributed by atoms with Crippen LogP contribution in [0, 0.1) is 0 Å². The summed E-state index contributed by atoms with van der Waals surface area (Å²) in [6.45, 7) is 0. The fourth-order valence-electron chi connectivity index (χ4n) is 1.49. The van der Waals surface area contributed by atoms with Crippen molar-refractivity contribution in [2.45, 2.75) is 4.90 Å². The quantitative estimate of drug-likeness (QED) is 0.844. The molecule has 0 atom stereocenters. The number of rotatable bonds is 4. The van der Waals surface area contributed by atoms with E-state index in [1.165, 1.54) is 11.8 Å². The molecule has 98 valence electrons. The molecular weight excluding hydrogens is 282 g/mol. The van der Waals surface area contributed by atoms with Gasteiger partial charge in [-0.2, -0.15) is 0 Å². The lowest BCUT2D eigenvalue weighted by atomic mass is 10.3. The molecule has 0 saturated carbocycles. The highest BCUT2D eigenvalue weighted by Gasteiger charge is 2.04. The largest absolute Gasteiger partial charge is 0.508 e. The van der Waals surface area contributed by atoms with Crippen LogP contribution in [0.2, 0.25) is 5.02 Å². The zero-order valence-electron chi connectivity index (χ0n) is 9.97. The van der Waals surface area contributed by atoms with Crippen molar-refractivity contribution in [3.63, 3.8) is 0 Å². The van der Waals surface area contributed by atoms with Crippen LogP contribution in [0.25, 0.3) is 0 Å². The number of hydrogen-bond acceptors (Lipinski definition) is 3. The molecule has 0 bridgehead atoms. The number of hydrogen-bond donors (Lipinski definition) is 2. The lowest BCUT2D eigenvalue weighted by Crippen LogP contribution is -2.13. The molecule has 5 heteroatoms. The summed E-state index contributed by atoms with van der Waals surface area (Å²) in [6, 6.07) is 13.8. The minimum atomic E-state index is -0.115. The highest BCUT2D eigenvalue weighted by atomic mass is 35.5. The molecule has 19 heavy (non-hydrogen) atoms. The second-order valence-corrected chi connectivity index (χ2v) is 5.33. The molecular formula is C14H12ClNO2S. The van der Waals surface area contributed by atoms with Crippen molar-refractivity contribution in [2.75, 3.05) is 11.1 Å². The van der Waals surface area contributed by atoms with Crippen molar-refractivity contribution in [3.05, 3.63) is 53.6 Å². The number of amides is 1. The highest BCUT2D eigenvalue weighted by molar-refractivity contribution is 8.00. The second-order valence-electron chi connectivity index (χ2n) is 3.84. The molecule has 0 fully saturated rings. The third-order valence-corrected chi connectivity index (χ3v) is 3.52. The van der Waals surface area contributed by atoms with Crippen molar-refractivity contribution in [1.82, 2.24) is 0 Å². The van der Waals surface area contributed by atoms with E-state index < -0.39 is 0 Å². The molecule has 0 radical (unpaired) electrons. The molecule has 3 nitrogen and oxygen atoms in total. The summed E-state index contributed by atoms with van der Waals surface area (Å²) in [5.74, 6) is 0.353. The first-order valence-electron chi connectivity index (χ1n) is 5.61. The summed E-state index contributed by atoms with van der Waals surface area (Å²) in [4.78, 5) is 12.6. The topological polar surface area (TPSA) is 49.3 Å². The number of halogens is 1. The highest BCUT2D eigenvalue weighted by Crippen LogP contribution is 2.22. The van der Waals surface area contributed by atoms with Crippen molar-refractivity contribution in [3.8, 4) is 5.75 Å². The van der Waals surface area contributed by atoms with Gasteiger partial charge in [-0.3, -0.25) is 4.79 Å². The maximum absolute atomic E-state index is 11.7. The van der Waals surface area contributed by atoms with E-state index in [1.807, 2.05) is 6.07 Å². The molecule has 0 heterocycles. The van der Waals surface area contributed by atoms with Crippen LogP contribution in [0.5, 0.6) is 5.75 Å². The van der Waals surface area contributed by atoms with Gasteiger partial charge in [-0.25, -0.2) is 0 Å². The molecule has 0 saturated heterocycles. The van der Waals surface area contributed by atoms with Crippen LogP contribution in [-0.4, -0.2) is 16.8 Å². The average Bonchev–Trinajstić information content (AvgIpc) is 2.36. The van der Waals surface area contributed by atoms with Crippen LogP contribution in [0.3, 0.4) is 0 Å². The van der Waals surface area contributed by atoms with Gasteiger partial charge in [-0.15, -0.1) is 11.8 Å². The van der Waals surface area contributed by atoms with Crippen molar-refractivity contribution < 1.29 is 9.90 Å². The van der Waals surface area contributed by atoms with Crippen LogP contribution in [-0.2, 0) is 4.79 Å². The normalized spacial score (nSPS) is 10.2. The van der Waals surface area contributed by atoms with Crippen LogP contribution < -0.4 is 5.32 Å². The number of carbonyl (C=O) groups is 1. The Hall–Kier alpha value is -1.65. The first-order chi connectivity index (χ1) is 9.13. The van der Waals surface area contributed by atoms with Gasteiger partial charge in [0.2, 0.25) is 5.91 Å². The van der Waals surface area contributed by atoms with E-state index in [-0.39, 0.29) is 17.4 Å². The molecule has 0 aliphatic carbocycles. The van der Waals surface area contributed by atoms with E-state index in [1.54, 1.807) is 42.5 Å². The Morgan fingerprint density at radius 1 is 1.21 bits per heavy atom. The van der Waals surface area contributed by atoms with Gasteiger partial charge in [0.05, 0.1) is 5.75 Å². The third kappa shape index (κ3) is 4.50. The summed E-state index contributed by atoms with van der Waals surface area (Å²) in [5.41, 5.74) is 0.675. The fraction of sp³-hybridized carbons (Fsp3) is 0.0714. The average molecular weight is 294 g/mol. The predicted molar refractivity (Wildman–Crippen MR) is 78.9 cm³/mol. The number of nitrogens with one attached hydrogen (secondary N) is 1. The Morgan fingerprint density at radius 3 is 2.74 bits per heavy atom. The van der Waals surface area contributed by atoms with E-state index in [9.17, 15) is 9.90 Å². The number of anilines is 1. The second kappa shape index (κ2) is 6.50. The molecule has 0 aliphatic heterocycles. The van der Waals surface area contributed by atoms with Gasteiger partial charge in [0.15, 0.2) is 0 Å². The number of benzene rings is 2. The number of aromatic hydroxyl groups is 1. The van der Waals surface area contributed by atoms with Gasteiger partial charge in [0.25, 0.3) is 0 Å². The molecule has 0 spiro atoms. The first-order valence-corrected chi connectivity index (χ1v) is 6.97. The standard InChI is InChI=1S/C14H12ClNO2S/c15-10-3-1-4-11(7-10)16-14(18)9-19-13-6-2-5-12(17)8-13/h1-8,17H,9H2,(H,16,18). The molecule has 2 N–H and O–H groups in total. The Morgan fingerprint density at radius 2 is 2.00 bits per heavy atom. The Balaban J connectivity index is 1.88. The molecule has 0 unspecified atom stereocenters. The summed E-state index contributed by atoms with van der Waals surface area (Å²) >= 11 is 7.20. The van der Waals surface area contributed by atoms with Crippen molar-refractivity contribution in [1.29, 1.82) is 0 Å². The van der Waals surface area contributed by atoms with Crippen LogP contribution in [0.4, 0.5) is 5.69 Å². The minimum absolute atomic E-state index is 0.115. The smallest absolute Gasteiger partial charge is 0.234 e. The summed E-state index contributed by atoms with van der Waals surface area (Å²) in [6.07, 6.45) is 0. The minimum Gasteiger partial charge on any atom is -0.508 e. The maximum Gasteiger partial charge on any atom is 0.234 e. The maximum atomic E-state index is 11.7. The van der Waals surface area contributed by atoms with Gasteiger partial charge >= 0.3 is 0 Å². The third-order valence-electron chi connectivity index (χ3n) is 2.30. The summed E-state index contributed by atoms with van der Waals surface area (Å²) in [7, 11) is 0. The monoisotopic (exact) mass is 293 g/mol. The van der Waals surface area contributed by atoms with Gasteiger partial charge in [-0.05, 0) is 36.4 Å².